The van der Waals surface area contributed by atoms with Gasteiger partial charge in [0.25, 0.3) is 0 Å². The summed E-state index contributed by atoms with van der Waals surface area (Å²) >= 11 is 6.07. The summed E-state index contributed by atoms with van der Waals surface area (Å²) in [5.74, 6) is 0. The summed E-state index contributed by atoms with van der Waals surface area (Å²) in [6.45, 7) is 7.91. The van der Waals surface area contributed by atoms with Crippen LogP contribution in [0.25, 0.3) is 0 Å². The Morgan fingerprint density at radius 3 is 2.43 bits per heavy atom. The van der Waals surface area contributed by atoms with Crippen LogP contribution in [0.4, 0.5) is 0 Å². The first-order chi connectivity index (χ1) is 6.36. The van der Waals surface area contributed by atoms with E-state index in [9.17, 15) is 0 Å². The highest BCUT2D eigenvalue weighted by atomic mass is 35.5. The van der Waals surface area contributed by atoms with Crippen molar-refractivity contribution in [2.24, 2.45) is 0 Å². The normalized spacial score (nSPS) is 11.1. The van der Waals surface area contributed by atoms with Gasteiger partial charge in [-0.25, -0.2) is 4.98 Å². The molecule has 0 saturated heterocycles. The molecule has 0 aliphatic rings. The highest BCUT2D eigenvalue weighted by molar-refractivity contribution is 6.31. The highest BCUT2D eigenvalue weighted by Gasteiger charge is 2.20. The number of aryl methyl sites for hydroxylation is 1. The van der Waals surface area contributed by atoms with Gasteiger partial charge < -0.3 is 0 Å². The van der Waals surface area contributed by atoms with Crippen molar-refractivity contribution in [1.29, 1.82) is 5.26 Å². The molecule has 1 heterocycles. The summed E-state index contributed by atoms with van der Waals surface area (Å²) in [6, 6.07) is 3.86. The van der Waals surface area contributed by atoms with Crippen LogP contribution in [0.1, 0.15) is 37.7 Å². The Morgan fingerprint density at radius 1 is 1.43 bits per heavy atom. The molecule has 74 valence electrons. The summed E-state index contributed by atoms with van der Waals surface area (Å²) in [7, 11) is 0. The van der Waals surface area contributed by atoms with E-state index in [-0.39, 0.29) is 5.41 Å². The highest BCUT2D eigenvalue weighted by Crippen LogP contribution is 2.28. The largest absolute Gasteiger partial charge is 0.240 e. The van der Waals surface area contributed by atoms with Crippen molar-refractivity contribution in [1.82, 2.24) is 4.98 Å². The number of aromatic nitrogens is 1. The van der Waals surface area contributed by atoms with Crippen molar-refractivity contribution in [3.8, 4) is 6.07 Å². The van der Waals surface area contributed by atoms with Crippen LogP contribution in [0.15, 0.2) is 6.07 Å². The van der Waals surface area contributed by atoms with Gasteiger partial charge in [-0.3, -0.25) is 0 Å². The maximum atomic E-state index is 8.84. The molecule has 3 heteroatoms. The summed E-state index contributed by atoms with van der Waals surface area (Å²) in [6.07, 6.45) is 0. The fraction of sp³-hybridized carbons (Fsp3) is 0.455. The Labute approximate surface area is 89.5 Å². The van der Waals surface area contributed by atoms with Crippen LogP contribution >= 0.6 is 11.6 Å². The molecule has 0 unspecified atom stereocenters. The number of pyridine rings is 1. The van der Waals surface area contributed by atoms with Crippen LogP contribution in [0.5, 0.6) is 0 Å². The van der Waals surface area contributed by atoms with Gasteiger partial charge in [0.1, 0.15) is 11.8 Å². The van der Waals surface area contributed by atoms with Crippen molar-refractivity contribution in [2.75, 3.05) is 0 Å². The lowest BCUT2D eigenvalue weighted by molar-refractivity contribution is 0.568. The van der Waals surface area contributed by atoms with E-state index in [1.807, 2.05) is 27.7 Å². The molecule has 0 fully saturated rings. The molecule has 14 heavy (non-hydrogen) atoms. The predicted octanol–water partition coefficient (Wildman–Crippen LogP) is 3.21. The SMILES string of the molecule is Cc1cc(Cl)c(C(C)(C)C)nc1C#N. The first-order valence-electron chi connectivity index (χ1n) is 4.44. The first-order valence-corrected chi connectivity index (χ1v) is 4.82. The maximum absolute atomic E-state index is 8.84. The molecule has 0 radical (unpaired) electrons. The van der Waals surface area contributed by atoms with E-state index in [2.05, 4.69) is 11.1 Å². The second-order valence-corrected chi connectivity index (χ2v) is 4.75. The fourth-order valence-electron chi connectivity index (χ4n) is 1.22. The standard InChI is InChI=1S/C11H13ClN2/c1-7-5-8(12)10(11(2,3)4)14-9(7)6-13/h5H,1-4H3. The molecule has 1 rings (SSSR count). The molecule has 0 saturated carbocycles. The summed E-state index contributed by atoms with van der Waals surface area (Å²) in [5.41, 5.74) is 1.93. The predicted molar refractivity (Wildman–Crippen MR) is 57.4 cm³/mol. The fourth-order valence-corrected chi connectivity index (χ4v) is 1.71. The van der Waals surface area contributed by atoms with E-state index in [0.29, 0.717) is 10.7 Å². The zero-order valence-corrected chi connectivity index (χ0v) is 9.61. The molecule has 1 aromatic rings. The quantitative estimate of drug-likeness (QED) is 0.657. The van der Waals surface area contributed by atoms with Gasteiger partial charge in [-0.15, -0.1) is 0 Å². The number of rotatable bonds is 0. The molecule has 0 aromatic carbocycles. The average molecular weight is 209 g/mol. The molecule has 1 aromatic heterocycles. The van der Waals surface area contributed by atoms with E-state index in [4.69, 9.17) is 16.9 Å². The smallest absolute Gasteiger partial charge is 0.143 e. The zero-order valence-electron chi connectivity index (χ0n) is 8.85. The Morgan fingerprint density at radius 2 is 2.00 bits per heavy atom. The average Bonchev–Trinajstić information content (AvgIpc) is 2.02. The van der Waals surface area contributed by atoms with E-state index in [1.165, 1.54) is 0 Å². The monoisotopic (exact) mass is 208 g/mol. The number of halogens is 1. The first kappa shape index (κ1) is 11.0. The minimum atomic E-state index is -0.129. The van der Waals surface area contributed by atoms with E-state index in [0.717, 1.165) is 11.3 Å². The lowest BCUT2D eigenvalue weighted by Crippen LogP contribution is -2.15. The third kappa shape index (κ3) is 2.05. The topological polar surface area (TPSA) is 36.7 Å². The number of hydrogen-bond acceptors (Lipinski definition) is 2. The van der Waals surface area contributed by atoms with Crippen LogP contribution < -0.4 is 0 Å². The van der Waals surface area contributed by atoms with Gasteiger partial charge in [0.05, 0.1) is 10.7 Å². The molecular weight excluding hydrogens is 196 g/mol. The summed E-state index contributed by atoms with van der Waals surface area (Å²) in [4.78, 5) is 4.27. The van der Waals surface area contributed by atoms with Gasteiger partial charge in [0.2, 0.25) is 0 Å². The molecule has 0 spiro atoms. The molecule has 0 amide bonds. The van der Waals surface area contributed by atoms with Crippen LogP contribution in [0, 0.1) is 18.3 Å². The Hall–Kier alpha value is -1.07. The molecule has 0 aliphatic carbocycles. The van der Waals surface area contributed by atoms with Gasteiger partial charge in [-0.1, -0.05) is 32.4 Å². The lowest BCUT2D eigenvalue weighted by atomic mass is 9.91. The van der Waals surface area contributed by atoms with Gasteiger partial charge in [0.15, 0.2) is 0 Å². The van der Waals surface area contributed by atoms with Crippen molar-refractivity contribution in [3.63, 3.8) is 0 Å². The summed E-state index contributed by atoms with van der Waals surface area (Å²) in [5, 5.41) is 9.48. The van der Waals surface area contributed by atoms with Crippen molar-refractivity contribution in [3.05, 3.63) is 28.0 Å². The molecule has 0 aliphatic heterocycles. The van der Waals surface area contributed by atoms with E-state index < -0.39 is 0 Å². The van der Waals surface area contributed by atoms with Gasteiger partial charge >= 0.3 is 0 Å². The third-order valence-electron chi connectivity index (χ3n) is 1.98. The van der Waals surface area contributed by atoms with E-state index >= 15 is 0 Å². The molecule has 0 bridgehead atoms. The van der Waals surface area contributed by atoms with Crippen molar-refractivity contribution < 1.29 is 0 Å². The van der Waals surface area contributed by atoms with Crippen LogP contribution in [-0.2, 0) is 5.41 Å². The minimum absolute atomic E-state index is 0.129. The van der Waals surface area contributed by atoms with Crippen molar-refractivity contribution >= 4 is 11.6 Å². The number of nitriles is 1. The lowest BCUT2D eigenvalue weighted by Gasteiger charge is -2.19. The van der Waals surface area contributed by atoms with Gasteiger partial charge in [0, 0.05) is 5.41 Å². The van der Waals surface area contributed by atoms with Gasteiger partial charge in [-0.05, 0) is 18.6 Å². The molecule has 2 nitrogen and oxygen atoms in total. The van der Waals surface area contributed by atoms with Crippen LogP contribution in [-0.4, -0.2) is 4.98 Å². The van der Waals surface area contributed by atoms with E-state index in [1.54, 1.807) is 6.07 Å². The summed E-state index contributed by atoms with van der Waals surface area (Å²) < 4.78 is 0. The number of nitrogens with zero attached hydrogens (tertiary/aromatic N) is 2. The molecule has 0 atom stereocenters. The zero-order chi connectivity index (χ0) is 10.9. The third-order valence-corrected chi connectivity index (χ3v) is 2.27. The molecule has 0 N–H and O–H groups in total. The Kier molecular flexibility index (Phi) is 2.82. The second kappa shape index (κ2) is 3.59. The number of hydrogen-bond donors (Lipinski definition) is 0. The minimum Gasteiger partial charge on any atom is -0.240 e. The van der Waals surface area contributed by atoms with Gasteiger partial charge in [-0.2, -0.15) is 5.26 Å². The molecular formula is C11H13ClN2. The van der Waals surface area contributed by atoms with Crippen molar-refractivity contribution in [2.45, 2.75) is 33.1 Å². The Balaban J connectivity index is 3.41. The van der Waals surface area contributed by atoms with Crippen LogP contribution in [0.3, 0.4) is 0 Å². The van der Waals surface area contributed by atoms with Crippen LogP contribution in [0.2, 0.25) is 5.02 Å². The second-order valence-electron chi connectivity index (χ2n) is 4.35. The Bertz CT molecular complexity index is 397. The maximum Gasteiger partial charge on any atom is 0.143 e.